The molecule has 21 heavy (non-hydrogen) atoms. The van der Waals surface area contributed by atoms with Gasteiger partial charge in [0, 0.05) is 25.7 Å². The minimum atomic E-state index is -0.0161. The molecule has 0 aliphatic carbocycles. The zero-order chi connectivity index (χ0) is 14.9. The summed E-state index contributed by atoms with van der Waals surface area (Å²) in [7, 11) is 2.08. The first kappa shape index (κ1) is 15.0. The first-order chi connectivity index (χ1) is 10.1. The van der Waals surface area contributed by atoms with Crippen LogP contribution in [0.15, 0.2) is 18.2 Å². The average molecular weight is 289 g/mol. The number of benzene rings is 1. The first-order valence-electron chi connectivity index (χ1n) is 8.10. The quantitative estimate of drug-likeness (QED) is 0.927. The summed E-state index contributed by atoms with van der Waals surface area (Å²) in [6.45, 7) is 6.85. The molecule has 2 aliphatic heterocycles. The third kappa shape index (κ3) is 3.01. The topological polar surface area (TPSA) is 30.5 Å². The van der Waals surface area contributed by atoms with Crippen molar-refractivity contribution in [3.8, 4) is 0 Å². The van der Waals surface area contributed by atoms with Gasteiger partial charge in [-0.25, -0.2) is 0 Å². The molecule has 0 bridgehead atoms. The van der Waals surface area contributed by atoms with Gasteiger partial charge in [-0.05, 0) is 56.3 Å². The van der Waals surface area contributed by atoms with Crippen LogP contribution in [0.2, 0.25) is 0 Å². The van der Waals surface area contributed by atoms with E-state index in [2.05, 4.69) is 44.4 Å². The van der Waals surface area contributed by atoms with Crippen LogP contribution in [0, 0.1) is 19.8 Å². The van der Waals surface area contributed by atoms with Crippen LogP contribution in [0.4, 0.5) is 0 Å². The summed E-state index contributed by atoms with van der Waals surface area (Å²) < 4.78 is 11.7. The van der Waals surface area contributed by atoms with Gasteiger partial charge < -0.3 is 14.8 Å². The minimum absolute atomic E-state index is 0.0161. The highest BCUT2D eigenvalue weighted by molar-refractivity contribution is 5.32. The highest BCUT2D eigenvalue weighted by Crippen LogP contribution is 2.41. The summed E-state index contributed by atoms with van der Waals surface area (Å²) >= 11 is 0. The van der Waals surface area contributed by atoms with E-state index in [1.807, 2.05) is 0 Å². The van der Waals surface area contributed by atoms with Crippen LogP contribution >= 0.6 is 0 Å². The fourth-order valence-corrected chi connectivity index (χ4v) is 3.85. The molecule has 1 N–H and O–H groups in total. The van der Waals surface area contributed by atoms with Gasteiger partial charge in [0.15, 0.2) is 0 Å². The maximum absolute atomic E-state index is 6.08. The summed E-state index contributed by atoms with van der Waals surface area (Å²) in [6.07, 6.45) is 3.28. The third-order valence-corrected chi connectivity index (χ3v) is 5.27. The van der Waals surface area contributed by atoms with E-state index in [9.17, 15) is 0 Å². The highest BCUT2D eigenvalue weighted by atomic mass is 16.6. The van der Waals surface area contributed by atoms with Gasteiger partial charge in [-0.1, -0.05) is 18.2 Å². The number of nitrogens with one attached hydrogen (secondary N) is 1. The Kier molecular flexibility index (Phi) is 4.34. The van der Waals surface area contributed by atoms with E-state index in [1.165, 1.54) is 16.7 Å². The molecular weight excluding hydrogens is 262 g/mol. The lowest BCUT2D eigenvalue weighted by Crippen LogP contribution is -2.43. The van der Waals surface area contributed by atoms with Gasteiger partial charge in [0.1, 0.15) is 0 Å². The molecule has 2 fully saturated rings. The van der Waals surface area contributed by atoms with Crippen LogP contribution in [0.5, 0.6) is 0 Å². The Morgan fingerprint density at radius 3 is 2.76 bits per heavy atom. The van der Waals surface area contributed by atoms with Crippen LogP contribution in [-0.2, 0) is 9.47 Å². The van der Waals surface area contributed by atoms with Crippen molar-refractivity contribution in [3.05, 3.63) is 34.9 Å². The molecule has 0 aromatic heterocycles. The van der Waals surface area contributed by atoms with Gasteiger partial charge >= 0.3 is 0 Å². The van der Waals surface area contributed by atoms with E-state index in [0.717, 1.165) is 39.1 Å². The van der Waals surface area contributed by atoms with Crippen molar-refractivity contribution >= 4 is 0 Å². The van der Waals surface area contributed by atoms with Crippen LogP contribution in [0.3, 0.4) is 0 Å². The van der Waals surface area contributed by atoms with Crippen molar-refractivity contribution in [1.82, 2.24) is 5.32 Å². The number of rotatable bonds is 3. The minimum Gasteiger partial charge on any atom is -0.378 e. The lowest BCUT2D eigenvalue weighted by Gasteiger charge is -2.40. The Morgan fingerprint density at radius 2 is 2.10 bits per heavy atom. The predicted octanol–water partition coefficient (Wildman–Crippen LogP) is 3.15. The van der Waals surface area contributed by atoms with Crippen molar-refractivity contribution in [2.24, 2.45) is 5.92 Å². The number of hydrogen-bond acceptors (Lipinski definition) is 3. The summed E-state index contributed by atoms with van der Waals surface area (Å²) in [5.41, 5.74) is 4.12. The lowest BCUT2D eigenvalue weighted by atomic mass is 9.78. The largest absolute Gasteiger partial charge is 0.378 e. The second-order valence-electron chi connectivity index (χ2n) is 6.70. The Morgan fingerprint density at radius 1 is 1.24 bits per heavy atom. The first-order valence-corrected chi connectivity index (χ1v) is 8.10. The van der Waals surface area contributed by atoms with Crippen molar-refractivity contribution in [2.75, 3.05) is 26.9 Å². The van der Waals surface area contributed by atoms with Crippen molar-refractivity contribution in [2.45, 2.75) is 44.8 Å². The van der Waals surface area contributed by atoms with Crippen LogP contribution < -0.4 is 5.32 Å². The van der Waals surface area contributed by atoms with Gasteiger partial charge in [-0.2, -0.15) is 0 Å². The average Bonchev–Trinajstić information content (AvgIpc) is 2.91. The SMILES string of the molecule is CNC(c1ccc(C)c(C)c1)C1CCOC2(CCOC2)C1. The van der Waals surface area contributed by atoms with E-state index >= 15 is 0 Å². The molecule has 3 atom stereocenters. The monoisotopic (exact) mass is 289 g/mol. The summed E-state index contributed by atoms with van der Waals surface area (Å²) in [5.74, 6) is 0.618. The van der Waals surface area contributed by atoms with Gasteiger partial charge in [0.05, 0.1) is 12.2 Å². The molecule has 3 unspecified atom stereocenters. The Balaban J connectivity index is 1.80. The summed E-state index contributed by atoms with van der Waals surface area (Å²) in [6, 6.07) is 7.26. The molecule has 2 heterocycles. The van der Waals surface area contributed by atoms with Gasteiger partial charge in [0.2, 0.25) is 0 Å². The zero-order valence-corrected chi connectivity index (χ0v) is 13.4. The molecule has 3 rings (SSSR count). The second kappa shape index (κ2) is 6.07. The third-order valence-electron chi connectivity index (χ3n) is 5.27. The molecule has 2 aliphatic rings. The molecule has 0 radical (unpaired) electrons. The predicted molar refractivity (Wildman–Crippen MR) is 84.6 cm³/mol. The molecular formula is C18H27NO2. The van der Waals surface area contributed by atoms with E-state index in [0.29, 0.717) is 12.0 Å². The van der Waals surface area contributed by atoms with Crippen molar-refractivity contribution in [3.63, 3.8) is 0 Å². The molecule has 2 saturated heterocycles. The summed E-state index contributed by atoms with van der Waals surface area (Å²) in [4.78, 5) is 0. The van der Waals surface area contributed by atoms with Crippen molar-refractivity contribution in [1.29, 1.82) is 0 Å². The van der Waals surface area contributed by atoms with E-state index in [4.69, 9.17) is 9.47 Å². The molecule has 3 heteroatoms. The van der Waals surface area contributed by atoms with E-state index in [1.54, 1.807) is 0 Å². The maximum Gasteiger partial charge on any atom is 0.0940 e. The van der Waals surface area contributed by atoms with Gasteiger partial charge in [0.25, 0.3) is 0 Å². The maximum atomic E-state index is 6.08. The fraction of sp³-hybridized carbons (Fsp3) is 0.667. The number of ether oxygens (including phenoxy) is 2. The molecule has 1 spiro atoms. The Hall–Kier alpha value is -0.900. The molecule has 3 nitrogen and oxygen atoms in total. The number of hydrogen-bond donors (Lipinski definition) is 1. The molecule has 1 aromatic rings. The Bertz CT molecular complexity index is 494. The molecule has 1 aromatic carbocycles. The number of aryl methyl sites for hydroxylation is 2. The second-order valence-corrected chi connectivity index (χ2v) is 6.70. The van der Waals surface area contributed by atoms with Crippen molar-refractivity contribution < 1.29 is 9.47 Å². The Labute approximate surface area is 128 Å². The standard InChI is InChI=1S/C18H27NO2/c1-13-4-5-15(10-14(13)2)17(19-3)16-6-8-21-18(11-16)7-9-20-12-18/h4-5,10,16-17,19H,6-9,11-12H2,1-3H3. The summed E-state index contributed by atoms with van der Waals surface area (Å²) in [5, 5.41) is 3.54. The van der Waals surface area contributed by atoms with E-state index < -0.39 is 0 Å². The van der Waals surface area contributed by atoms with Crippen LogP contribution in [0.25, 0.3) is 0 Å². The normalized spacial score (nSPS) is 30.7. The molecule has 116 valence electrons. The van der Waals surface area contributed by atoms with E-state index in [-0.39, 0.29) is 5.60 Å². The zero-order valence-electron chi connectivity index (χ0n) is 13.4. The van der Waals surface area contributed by atoms with Gasteiger partial charge in [-0.15, -0.1) is 0 Å². The highest BCUT2D eigenvalue weighted by Gasteiger charge is 2.43. The smallest absolute Gasteiger partial charge is 0.0940 e. The molecule has 0 saturated carbocycles. The lowest BCUT2D eigenvalue weighted by molar-refractivity contribution is -0.103. The molecule has 0 amide bonds. The van der Waals surface area contributed by atoms with Crippen LogP contribution in [0.1, 0.15) is 42.0 Å². The fourth-order valence-electron chi connectivity index (χ4n) is 3.85. The van der Waals surface area contributed by atoms with Crippen LogP contribution in [-0.4, -0.2) is 32.5 Å². The van der Waals surface area contributed by atoms with Gasteiger partial charge in [-0.3, -0.25) is 0 Å².